The fourth-order valence-corrected chi connectivity index (χ4v) is 5.74. The lowest BCUT2D eigenvalue weighted by molar-refractivity contribution is -0.132. The number of aryl methyl sites for hydroxylation is 1. The molecule has 1 amide bonds. The number of hydrogen-bond donors (Lipinski definition) is 2. The summed E-state index contributed by atoms with van der Waals surface area (Å²) in [6, 6.07) is 14.7. The van der Waals surface area contributed by atoms with Gasteiger partial charge in [-0.05, 0) is 43.3 Å². The molecule has 0 saturated carbocycles. The number of amides is 1. The first kappa shape index (κ1) is 26.5. The van der Waals surface area contributed by atoms with Crippen molar-refractivity contribution in [3.05, 3.63) is 87.0 Å². The largest absolute Gasteiger partial charge is 0.507 e. The van der Waals surface area contributed by atoms with E-state index in [9.17, 15) is 14.7 Å². The van der Waals surface area contributed by atoms with Gasteiger partial charge >= 0.3 is 0 Å². The Morgan fingerprint density at radius 3 is 2.26 bits per heavy atom. The number of carbonyl (C=O) groups is 2. The maximum Gasteiger partial charge on any atom is 0.300 e. The summed E-state index contributed by atoms with van der Waals surface area (Å²) in [6.07, 6.45) is 0. The summed E-state index contributed by atoms with van der Waals surface area (Å²) in [5.41, 5.74) is 2.56. The van der Waals surface area contributed by atoms with Crippen molar-refractivity contribution in [2.24, 2.45) is 0 Å². The Morgan fingerprint density at radius 1 is 0.949 bits per heavy atom. The summed E-state index contributed by atoms with van der Waals surface area (Å²) in [6.45, 7) is 1.85. The number of H-pyrrole nitrogens is 1. The molecule has 200 valence electrons. The van der Waals surface area contributed by atoms with Crippen LogP contribution < -0.4 is 19.1 Å². The predicted molar refractivity (Wildman–Crippen MR) is 150 cm³/mol. The van der Waals surface area contributed by atoms with Crippen molar-refractivity contribution >= 4 is 57.2 Å². The van der Waals surface area contributed by atoms with E-state index in [-0.39, 0.29) is 32.7 Å². The van der Waals surface area contributed by atoms with Gasteiger partial charge in [-0.1, -0.05) is 41.4 Å². The molecule has 2 heterocycles. The van der Waals surface area contributed by atoms with Crippen molar-refractivity contribution in [2.45, 2.75) is 13.0 Å². The summed E-state index contributed by atoms with van der Waals surface area (Å²) in [7, 11) is 4.30. The predicted octanol–water partition coefficient (Wildman–Crippen LogP) is 6.44. The van der Waals surface area contributed by atoms with Gasteiger partial charge in [0.05, 0.1) is 43.5 Å². The van der Waals surface area contributed by atoms with E-state index < -0.39 is 23.5 Å². The SMILES string of the molecule is COc1ccc(N2C(=O)C(=O)/C(=C(/O)c3cc(Cl)c(OC)c(Cl)c3OC)C2c2c(C)[nH]c3ccccc23)cc1. The Kier molecular flexibility index (Phi) is 6.92. The van der Waals surface area contributed by atoms with E-state index >= 15 is 0 Å². The second kappa shape index (κ2) is 10.2. The maximum absolute atomic E-state index is 13.7. The van der Waals surface area contributed by atoms with Crippen LogP contribution in [0.4, 0.5) is 5.69 Å². The third-order valence-corrected chi connectivity index (χ3v) is 7.43. The van der Waals surface area contributed by atoms with Crippen LogP contribution in [0.15, 0.2) is 60.2 Å². The number of para-hydroxylation sites is 1. The zero-order valence-electron chi connectivity index (χ0n) is 21.5. The number of aliphatic hydroxyl groups excluding tert-OH is 1. The lowest BCUT2D eigenvalue weighted by Crippen LogP contribution is -2.29. The molecule has 0 radical (unpaired) electrons. The maximum atomic E-state index is 13.7. The highest BCUT2D eigenvalue weighted by molar-refractivity contribution is 6.52. The molecule has 0 aliphatic carbocycles. The molecular weight excluding hydrogens is 543 g/mol. The molecule has 0 spiro atoms. The van der Waals surface area contributed by atoms with Gasteiger partial charge in [0, 0.05) is 27.8 Å². The standard InChI is InChI=1S/C29H24Cl2N2O6/c1-14-21(17-7-5-6-8-20(17)32-14)24-22(25(34)18-13-19(30)28(39-4)23(31)27(18)38-3)26(35)29(36)33(24)15-9-11-16(37-2)12-10-15/h5-13,24,32,34H,1-4H3/b25-22+. The summed E-state index contributed by atoms with van der Waals surface area (Å²) < 4.78 is 16.0. The molecule has 1 aliphatic heterocycles. The van der Waals surface area contributed by atoms with E-state index in [2.05, 4.69) is 4.98 Å². The molecule has 1 saturated heterocycles. The van der Waals surface area contributed by atoms with Crippen molar-refractivity contribution in [3.63, 3.8) is 0 Å². The fraction of sp³-hybridized carbons (Fsp3) is 0.172. The zero-order chi connectivity index (χ0) is 28.0. The minimum absolute atomic E-state index is 0.0123. The van der Waals surface area contributed by atoms with Gasteiger partial charge in [0.1, 0.15) is 16.5 Å². The van der Waals surface area contributed by atoms with Crippen LogP contribution in [-0.4, -0.2) is 43.1 Å². The first-order valence-electron chi connectivity index (χ1n) is 11.9. The number of benzene rings is 3. The summed E-state index contributed by atoms with van der Waals surface area (Å²) >= 11 is 12.9. The van der Waals surface area contributed by atoms with Gasteiger partial charge in [-0.15, -0.1) is 0 Å². The summed E-state index contributed by atoms with van der Waals surface area (Å²) in [5.74, 6) is -1.39. The number of halogens is 2. The third kappa shape index (κ3) is 4.16. The monoisotopic (exact) mass is 566 g/mol. The van der Waals surface area contributed by atoms with E-state index in [4.69, 9.17) is 37.4 Å². The van der Waals surface area contributed by atoms with E-state index in [0.29, 0.717) is 17.0 Å². The number of anilines is 1. The minimum Gasteiger partial charge on any atom is -0.507 e. The number of nitrogens with one attached hydrogen (secondary N) is 1. The Balaban J connectivity index is 1.84. The lowest BCUT2D eigenvalue weighted by atomic mass is 9.93. The molecule has 5 rings (SSSR count). The lowest BCUT2D eigenvalue weighted by Gasteiger charge is -2.26. The average Bonchev–Trinajstić information content (AvgIpc) is 3.40. The van der Waals surface area contributed by atoms with Crippen molar-refractivity contribution in [2.75, 3.05) is 26.2 Å². The smallest absolute Gasteiger partial charge is 0.300 e. The number of ether oxygens (including phenoxy) is 3. The van der Waals surface area contributed by atoms with Crippen LogP contribution in [0.2, 0.25) is 10.0 Å². The van der Waals surface area contributed by atoms with Gasteiger partial charge < -0.3 is 24.3 Å². The molecule has 1 aliphatic rings. The Labute approximate surface area is 234 Å². The summed E-state index contributed by atoms with van der Waals surface area (Å²) in [4.78, 5) is 32.0. The number of Topliss-reactive ketones (excluding diaryl/α,β-unsaturated/α-hetero) is 1. The normalized spacial score (nSPS) is 16.7. The van der Waals surface area contributed by atoms with Crippen LogP contribution in [0, 0.1) is 6.92 Å². The molecule has 1 atom stereocenters. The quantitative estimate of drug-likeness (QED) is 0.158. The van der Waals surface area contributed by atoms with Gasteiger partial charge in [-0.2, -0.15) is 0 Å². The van der Waals surface area contributed by atoms with E-state index in [1.165, 1.54) is 32.3 Å². The molecule has 10 heteroatoms. The second-order valence-corrected chi connectivity index (χ2v) is 9.65. The minimum atomic E-state index is -0.987. The van der Waals surface area contributed by atoms with E-state index in [1.54, 1.807) is 24.3 Å². The second-order valence-electron chi connectivity index (χ2n) is 8.86. The molecule has 39 heavy (non-hydrogen) atoms. The average molecular weight is 567 g/mol. The molecular formula is C29H24Cl2N2O6. The molecule has 1 aromatic heterocycles. The van der Waals surface area contributed by atoms with Crippen molar-refractivity contribution in [3.8, 4) is 17.2 Å². The van der Waals surface area contributed by atoms with Crippen molar-refractivity contribution in [1.29, 1.82) is 0 Å². The molecule has 3 aromatic carbocycles. The zero-order valence-corrected chi connectivity index (χ0v) is 23.0. The van der Waals surface area contributed by atoms with Crippen LogP contribution >= 0.6 is 23.2 Å². The van der Waals surface area contributed by atoms with Crippen LogP contribution in [-0.2, 0) is 9.59 Å². The first-order chi connectivity index (χ1) is 18.7. The molecule has 8 nitrogen and oxygen atoms in total. The summed E-state index contributed by atoms with van der Waals surface area (Å²) in [5, 5.41) is 12.6. The fourth-order valence-electron chi connectivity index (χ4n) is 5.06. The highest BCUT2D eigenvalue weighted by atomic mass is 35.5. The number of ketones is 1. The number of aromatic nitrogens is 1. The molecule has 1 fully saturated rings. The van der Waals surface area contributed by atoms with E-state index in [1.807, 2.05) is 31.2 Å². The van der Waals surface area contributed by atoms with Crippen LogP contribution in [0.25, 0.3) is 16.7 Å². The van der Waals surface area contributed by atoms with Crippen molar-refractivity contribution < 1.29 is 28.9 Å². The van der Waals surface area contributed by atoms with Crippen LogP contribution in [0.3, 0.4) is 0 Å². The number of aromatic amines is 1. The Morgan fingerprint density at radius 2 is 1.62 bits per heavy atom. The highest BCUT2D eigenvalue weighted by Gasteiger charge is 2.48. The van der Waals surface area contributed by atoms with Gasteiger partial charge in [0.15, 0.2) is 11.5 Å². The third-order valence-electron chi connectivity index (χ3n) is 6.81. The topological polar surface area (TPSA) is 101 Å². The molecule has 0 bridgehead atoms. The van der Waals surface area contributed by atoms with Crippen molar-refractivity contribution in [1.82, 2.24) is 4.98 Å². The van der Waals surface area contributed by atoms with Gasteiger partial charge in [-0.3, -0.25) is 14.5 Å². The number of carbonyl (C=O) groups excluding carboxylic acids is 2. The number of fused-ring (bicyclic) bond motifs is 1. The van der Waals surface area contributed by atoms with Crippen LogP contribution in [0.5, 0.6) is 17.2 Å². The van der Waals surface area contributed by atoms with Gasteiger partial charge in [0.25, 0.3) is 11.7 Å². The van der Waals surface area contributed by atoms with Gasteiger partial charge in [-0.25, -0.2) is 0 Å². The highest BCUT2D eigenvalue weighted by Crippen LogP contribution is 2.49. The molecule has 4 aromatic rings. The number of nitrogens with zero attached hydrogens (tertiary/aromatic N) is 1. The van der Waals surface area contributed by atoms with Gasteiger partial charge in [0.2, 0.25) is 0 Å². The molecule has 1 unspecified atom stereocenters. The number of methoxy groups -OCH3 is 3. The number of rotatable bonds is 6. The van der Waals surface area contributed by atoms with E-state index in [0.717, 1.165) is 16.6 Å². The van der Waals surface area contributed by atoms with Crippen LogP contribution in [0.1, 0.15) is 22.9 Å². The number of aliphatic hydroxyl groups is 1. The number of hydrogen-bond acceptors (Lipinski definition) is 6. The molecule has 2 N–H and O–H groups in total. The Hall–Kier alpha value is -4.14. The first-order valence-corrected chi connectivity index (χ1v) is 12.6. The Bertz CT molecular complexity index is 1660.